The van der Waals surface area contributed by atoms with Crippen LogP contribution in [0.15, 0.2) is 72.8 Å². The third kappa shape index (κ3) is 4.94. The molecule has 2 aliphatic heterocycles. The molecule has 9 rings (SSSR count). The van der Waals surface area contributed by atoms with Crippen LogP contribution in [0.2, 0.25) is 0 Å². The van der Waals surface area contributed by atoms with Crippen LogP contribution in [0.3, 0.4) is 0 Å². The van der Waals surface area contributed by atoms with Gasteiger partial charge < -0.3 is 10.6 Å². The monoisotopic (exact) mass is 594 g/mol. The van der Waals surface area contributed by atoms with Crippen LogP contribution in [-0.2, 0) is 11.6 Å². The molecule has 4 saturated carbocycles. The van der Waals surface area contributed by atoms with Gasteiger partial charge in [0, 0.05) is 13.1 Å². The molecular formula is C38H48N2P2. The Morgan fingerprint density at radius 2 is 1.31 bits per heavy atom. The van der Waals surface area contributed by atoms with Crippen molar-refractivity contribution in [1.82, 2.24) is 10.6 Å². The van der Waals surface area contributed by atoms with E-state index in [9.17, 15) is 0 Å². The second-order valence-electron chi connectivity index (χ2n) is 14.4. The second-order valence-corrected chi connectivity index (χ2v) is 17.6. The predicted molar refractivity (Wildman–Crippen MR) is 184 cm³/mol. The van der Waals surface area contributed by atoms with Gasteiger partial charge in [0.15, 0.2) is 0 Å². The van der Waals surface area contributed by atoms with Crippen molar-refractivity contribution in [3.05, 3.63) is 83.9 Å². The van der Waals surface area contributed by atoms with Gasteiger partial charge in [0.2, 0.25) is 0 Å². The molecule has 4 heteroatoms. The Balaban J connectivity index is 1.33. The van der Waals surface area contributed by atoms with Gasteiger partial charge in [-0.2, -0.15) is 0 Å². The van der Waals surface area contributed by atoms with Gasteiger partial charge in [-0.15, -0.1) is 9.24 Å². The highest BCUT2D eigenvalue weighted by Gasteiger charge is 2.57. The van der Waals surface area contributed by atoms with Crippen LogP contribution < -0.4 is 10.6 Å². The lowest BCUT2D eigenvalue weighted by molar-refractivity contribution is -0.0520. The van der Waals surface area contributed by atoms with Crippen LogP contribution in [0.4, 0.5) is 0 Å². The summed E-state index contributed by atoms with van der Waals surface area (Å²) in [5.41, 5.74) is 11.2. The lowest BCUT2D eigenvalue weighted by Crippen LogP contribution is -2.56. The zero-order chi connectivity index (χ0) is 28.1. The van der Waals surface area contributed by atoms with Crippen LogP contribution >= 0.6 is 17.2 Å². The van der Waals surface area contributed by atoms with Crippen molar-refractivity contribution in [2.75, 3.05) is 32.3 Å². The average Bonchev–Trinajstić information content (AvgIpc) is 3.76. The van der Waals surface area contributed by atoms with Crippen molar-refractivity contribution in [1.29, 1.82) is 0 Å². The Morgan fingerprint density at radius 1 is 0.738 bits per heavy atom. The molecule has 3 aromatic rings. The van der Waals surface area contributed by atoms with E-state index >= 15 is 0 Å². The molecule has 3 aromatic carbocycles. The van der Waals surface area contributed by atoms with E-state index in [1.165, 1.54) is 106 Å². The maximum Gasteiger partial charge on any atom is 0.00196 e. The number of nitrogens with one attached hydrogen (secondary N) is 2. The fourth-order valence-corrected chi connectivity index (χ4v) is 14.8. The minimum absolute atomic E-state index is 0.0907. The van der Waals surface area contributed by atoms with Gasteiger partial charge in [0.05, 0.1) is 0 Å². The molecule has 2 nitrogen and oxygen atoms in total. The average molecular weight is 595 g/mol. The largest absolute Gasteiger partial charge is 0.316 e. The highest BCUT2D eigenvalue weighted by atomic mass is 31.1. The highest BCUT2D eigenvalue weighted by molar-refractivity contribution is 7.58. The van der Waals surface area contributed by atoms with Crippen molar-refractivity contribution < 1.29 is 0 Å². The summed E-state index contributed by atoms with van der Waals surface area (Å²) in [5.74, 6) is 3.62. The first kappa shape index (κ1) is 28.0. The first-order chi connectivity index (χ1) is 20.7. The van der Waals surface area contributed by atoms with Crippen molar-refractivity contribution in [3.8, 4) is 22.3 Å². The molecule has 4 bridgehead atoms. The Kier molecular flexibility index (Phi) is 7.82. The van der Waals surface area contributed by atoms with Gasteiger partial charge in [-0.05, 0) is 156 Å². The third-order valence-electron chi connectivity index (χ3n) is 12.1. The molecule has 42 heavy (non-hydrogen) atoms. The van der Waals surface area contributed by atoms with Crippen LogP contribution in [0.25, 0.3) is 22.3 Å². The first-order valence-corrected chi connectivity index (χ1v) is 19.4. The summed E-state index contributed by atoms with van der Waals surface area (Å²) >= 11 is 0. The highest BCUT2D eigenvalue weighted by Crippen LogP contribution is 2.65. The molecule has 2 N–H and O–H groups in total. The predicted octanol–water partition coefficient (Wildman–Crippen LogP) is 8.30. The topological polar surface area (TPSA) is 24.1 Å². The fraction of sp³-hybridized carbons (Fsp3) is 0.526. The van der Waals surface area contributed by atoms with Gasteiger partial charge in [-0.1, -0.05) is 68.6 Å². The van der Waals surface area contributed by atoms with Crippen molar-refractivity contribution in [2.24, 2.45) is 23.7 Å². The summed E-state index contributed by atoms with van der Waals surface area (Å²) in [7, 11) is 3.14. The molecule has 6 unspecified atom stereocenters. The molecule has 220 valence electrons. The third-order valence-corrected chi connectivity index (χ3v) is 16.1. The van der Waals surface area contributed by atoms with E-state index in [2.05, 4.69) is 92.7 Å². The molecule has 6 fully saturated rings. The fourth-order valence-electron chi connectivity index (χ4n) is 10.5. The smallest absolute Gasteiger partial charge is 0.00196 e. The van der Waals surface area contributed by atoms with Gasteiger partial charge in [-0.3, -0.25) is 0 Å². The van der Waals surface area contributed by atoms with Crippen LogP contribution in [0.5, 0.6) is 0 Å². The minimum atomic E-state index is -0.0907. The minimum Gasteiger partial charge on any atom is -0.316 e. The Hall–Kier alpha value is -1.56. The van der Waals surface area contributed by atoms with Gasteiger partial charge in [0.1, 0.15) is 0 Å². The molecular weight excluding hydrogens is 546 g/mol. The van der Waals surface area contributed by atoms with E-state index in [4.69, 9.17) is 0 Å². The molecule has 2 saturated heterocycles. The van der Waals surface area contributed by atoms with Crippen molar-refractivity contribution in [3.63, 3.8) is 0 Å². The number of benzene rings is 3. The molecule has 0 radical (unpaired) electrons. The van der Waals surface area contributed by atoms with Gasteiger partial charge in [-0.25, -0.2) is 0 Å². The lowest BCUT2D eigenvalue weighted by Gasteiger charge is -2.62. The summed E-state index contributed by atoms with van der Waals surface area (Å²) in [4.78, 5) is 0. The zero-order valence-electron chi connectivity index (χ0n) is 25.1. The molecule has 6 atom stereocenters. The van der Waals surface area contributed by atoms with E-state index in [0.29, 0.717) is 5.41 Å². The van der Waals surface area contributed by atoms with Crippen LogP contribution in [0.1, 0.15) is 56.1 Å². The summed E-state index contributed by atoms with van der Waals surface area (Å²) in [6.45, 7) is 4.89. The SMILES string of the molecule is PCC1C2CC3CC(C2)CC1(c1cc(-c2ccccc2)c(-c2ccccc2)cc1CP(C1CCNC1)C1CCNC1)C3. The molecule has 0 aromatic heterocycles. The van der Waals surface area contributed by atoms with E-state index in [0.717, 1.165) is 35.0 Å². The second kappa shape index (κ2) is 11.7. The molecule has 0 amide bonds. The van der Waals surface area contributed by atoms with Gasteiger partial charge >= 0.3 is 0 Å². The summed E-state index contributed by atoms with van der Waals surface area (Å²) in [6.07, 6.45) is 12.7. The summed E-state index contributed by atoms with van der Waals surface area (Å²) in [6, 6.07) is 28.1. The maximum atomic E-state index is 3.76. The van der Waals surface area contributed by atoms with Crippen molar-refractivity contribution in [2.45, 2.75) is 67.8 Å². The van der Waals surface area contributed by atoms with Crippen LogP contribution in [0, 0.1) is 23.7 Å². The number of rotatable bonds is 8. The molecule has 0 spiro atoms. The molecule has 6 aliphatic rings. The lowest BCUT2D eigenvalue weighted by atomic mass is 9.43. The van der Waals surface area contributed by atoms with E-state index < -0.39 is 0 Å². The number of hydrogen-bond acceptors (Lipinski definition) is 2. The Morgan fingerprint density at radius 3 is 1.83 bits per heavy atom. The van der Waals surface area contributed by atoms with Crippen LogP contribution in [-0.4, -0.2) is 43.7 Å². The van der Waals surface area contributed by atoms with E-state index in [1.807, 2.05) is 0 Å². The van der Waals surface area contributed by atoms with Crippen molar-refractivity contribution >= 4 is 17.2 Å². The quantitative estimate of drug-likeness (QED) is 0.257. The van der Waals surface area contributed by atoms with E-state index in [-0.39, 0.29) is 7.92 Å². The maximum absolute atomic E-state index is 3.76. The molecule has 2 heterocycles. The first-order valence-electron chi connectivity index (χ1n) is 16.9. The van der Waals surface area contributed by atoms with E-state index in [1.54, 1.807) is 11.1 Å². The Labute approximate surface area is 257 Å². The van der Waals surface area contributed by atoms with Gasteiger partial charge in [0.25, 0.3) is 0 Å². The molecule has 4 aliphatic carbocycles. The standard InChI is InChI=1S/C38H48N2P2/c41-24-37-30-16-26-15-27(17-30)21-38(37,20-26)36-19-35(29-9-5-2-6-10-29)34(28-7-3-1-4-8-28)18-31(36)25-42(32-11-13-39-22-32)33-12-14-40-23-33/h1-10,18-19,26-27,30,32-33,37,39-40H,11-17,20-25,41H2. The summed E-state index contributed by atoms with van der Waals surface area (Å²) in [5, 5.41) is 7.52. The summed E-state index contributed by atoms with van der Waals surface area (Å²) < 4.78 is 0. The number of hydrogen-bond donors (Lipinski definition) is 2. The normalized spacial score (nSPS) is 34.2. The Bertz CT molecular complexity index is 1350. The zero-order valence-corrected chi connectivity index (χ0v) is 27.2.